The summed E-state index contributed by atoms with van der Waals surface area (Å²) in [5.74, 6) is 1.54. The van der Waals surface area contributed by atoms with Gasteiger partial charge in [-0.15, -0.1) is 11.3 Å². The van der Waals surface area contributed by atoms with Crippen molar-refractivity contribution in [2.75, 3.05) is 19.4 Å². The molecular weight excluding hydrogens is 304 g/mol. The number of hydrogen-bond acceptors (Lipinski definition) is 7. The molecule has 8 heteroatoms. The van der Waals surface area contributed by atoms with Gasteiger partial charge in [-0.2, -0.15) is 0 Å². The Kier molecular flexibility index (Phi) is 4.39. The van der Waals surface area contributed by atoms with Gasteiger partial charge in [-0.1, -0.05) is 0 Å². The number of nitrogens with two attached hydrogens (primary N) is 1. The second-order valence-corrected chi connectivity index (χ2v) is 6.04. The van der Waals surface area contributed by atoms with Crippen molar-refractivity contribution in [1.29, 1.82) is 0 Å². The zero-order chi connectivity index (χ0) is 15.5. The Hall–Kier alpha value is -1.93. The van der Waals surface area contributed by atoms with Crippen LogP contribution in [0.15, 0.2) is 9.80 Å². The summed E-state index contributed by atoms with van der Waals surface area (Å²) in [5, 5.41) is 2.43. The lowest BCUT2D eigenvalue weighted by atomic mass is 10.1. The molecular formula is C14H18N4O3S. The Bertz CT molecular complexity index is 667. The van der Waals surface area contributed by atoms with Crippen LogP contribution < -0.4 is 5.73 Å². The standard InChI is InChI=1S/C14H18N4O3S/c1-20-7-12-17-10-6-18(5-4-11(10)21-12)13(19)3-2-9-8-22-14(15)16-9/h8H,2-7H2,1H3,(H2,15,16). The van der Waals surface area contributed by atoms with Crippen molar-refractivity contribution in [2.45, 2.75) is 32.4 Å². The van der Waals surface area contributed by atoms with Gasteiger partial charge in [0.1, 0.15) is 18.1 Å². The second-order valence-electron chi connectivity index (χ2n) is 5.15. The van der Waals surface area contributed by atoms with Gasteiger partial charge in [-0.25, -0.2) is 9.97 Å². The third-order valence-electron chi connectivity index (χ3n) is 3.56. The van der Waals surface area contributed by atoms with E-state index in [1.807, 2.05) is 10.3 Å². The fourth-order valence-electron chi connectivity index (χ4n) is 2.48. The molecule has 1 aliphatic rings. The average Bonchev–Trinajstić information content (AvgIpc) is 3.09. The fraction of sp³-hybridized carbons (Fsp3) is 0.500. The predicted molar refractivity (Wildman–Crippen MR) is 81.2 cm³/mol. The van der Waals surface area contributed by atoms with Gasteiger partial charge >= 0.3 is 0 Å². The number of amides is 1. The number of ether oxygens (including phenoxy) is 1. The van der Waals surface area contributed by atoms with Crippen molar-refractivity contribution in [2.24, 2.45) is 0 Å². The number of fused-ring (bicyclic) bond motifs is 1. The maximum atomic E-state index is 12.3. The largest absolute Gasteiger partial charge is 0.443 e. The molecule has 0 saturated heterocycles. The molecule has 1 aliphatic heterocycles. The quantitative estimate of drug-likeness (QED) is 0.893. The van der Waals surface area contributed by atoms with Crippen LogP contribution in [0.3, 0.4) is 0 Å². The molecule has 0 spiro atoms. The smallest absolute Gasteiger partial charge is 0.223 e. The van der Waals surface area contributed by atoms with Crippen molar-refractivity contribution in [1.82, 2.24) is 14.9 Å². The average molecular weight is 322 g/mol. The Morgan fingerprint density at radius 1 is 1.55 bits per heavy atom. The van der Waals surface area contributed by atoms with E-state index in [1.165, 1.54) is 11.3 Å². The van der Waals surface area contributed by atoms with Crippen LogP contribution in [0.4, 0.5) is 5.13 Å². The van der Waals surface area contributed by atoms with Crippen LogP contribution in [0.2, 0.25) is 0 Å². The minimum absolute atomic E-state index is 0.105. The number of carbonyl (C=O) groups is 1. The summed E-state index contributed by atoms with van der Waals surface area (Å²) in [6, 6.07) is 0. The van der Waals surface area contributed by atoms with E-state index in [9.17, 15) is 4.79 Å². The van der Waals surface area contributed by atoms with E-state index in [0.29, 0.717) is 50.0 Å². The molecule has 3 heterocycles. The van der Waals surface area contributed by atoms with Gasteiger partial charge in [-0.3, -0.25) is 4.79 Å². The first-order valence-electron chi connectivity index (χ1n) is 7.09. The number of hydrogen-bond donors (Lipinski definition) is 1. The molecule has 118 valence electrons. The number of nitrogens with zero attached hydrogens (tertiary/aromatic N) is 3. The van der Waals surface area contributed by atoms with Gasteiger partial charge in [0.05, 0.1) is 12.2 Å². The second kappa shape index (κ2) is 6.45. The molecule has 0 aromatic carbocycles. The van der Waals surface area contributed by atoms with Crippen LogP contribution in [0.25, 0.3) is 0 Å². The lowest BCUT2D eigenvalue weighted by Gasteiger charge is -2.25. The normalized spacial score (nSPS) is 14.1. The zero-order valence-corrected chi connectivity index (χ0v) is 13.2. The topological polar surface area (TPSA) is 94.5 Å². The van der Waals surface area contributed by atoms with E-state index in [2.05, 4.69) is 9.97 Å². The van der Waals surface area contributed by atoms with Crippen molar-refractivity contribution in [3.8, 4) is 0 Å². The summed E-state index contributed by atoms with van der Waals surface area (Å²) >= 11 is 1.40. The molecule has 1 amide bonds. The molecule has 3 rings (SSSR count). The highest BCUT2D eigenvalue weighted by Crippen LogP contribution is 2.21. The van der Waals surface area contributed by atoms with Crippen LogP contribution in [-0.2, 0) is 35.5 Å². The predicted octanol–water partition coefficient (Wildman–Crippen LogP) is 1.38. The van der Waals surface area contributed by atoms with Crippen molar-refractivity contribution < 1.29 is 13.9 Å². The molecule has 0 bridgehead atoms. The summed E-state index contributed by atoms with van der Waals surface area (Å²) < 4.78 is 10.6. The van der Waals surface area contributed by atoms with Crippen LogP contribution in [-0.4, -0.2) is 34.4 Å². The third-order valence-corrected chi connectivity index (χ3v) is 4.28. The monoisotopic (exact) mass is 322 g/mol. The van der Waals surface area contributed by atoms with Gasteiger partial charge in [0.2, 0.25) is 11.8 Å². The molecule has 2 aromatic rings. The van der Waals surface area contributed by atoms with E-state index in [1.54, 1.807) is 7.11 Å². The van der Waals surface area contributed by atoms with Gasteiger partial charge in [0.15, 0.2) is 5.13 Å². The number of thiazole rings is 1. The molecule has 7 nitrogen and oxygen atoms in total. The fourth-order valence-corrected chi connectivity index (χ4v) is 3.08. The van der Waals surface area contributed by atoms with Crippen molar-refractivity contribution in [3.63, 3.8) is 0 Å². The molecule has 22 heavy (non-hydrogen) atoms. The minimum atomic E-state index is 0.105. The van der Waals surface area contributed by atoms with Crippen LogP contribution in [0.5, 0.6) is 0 Å². The lowest BCUT2D eigenvalue weighted by Crippen LogP contribution is -2.35. The molecule has 0 saturated carbocycles. The van der Waals surface area contributed by atoms with Crippen molar-refractivity contribution >= 4 is 22.4 Å². The summed E-state index contributed by atoms with van der Waals surface area (Å²) in [4.78, 5) is 22.7. The minimum Gasteiger partial charge on any atom is -0.443 e. The highest BCUT2D eigenvalue weighted by Gasteiger charge is 2.25. The van der Waals surface area contributed by atoms with Gasteiger partial charge in [-0.05, 0) is 6.42 Å². The molecule has 2 N–H and O–H groups in total. The summed E-state index contributed by atoms with van der Waals surface area (Å²) in [5.41, 5.74) is 7.30. The number of carbonyl (C=O) groups excluding carboxylic acids is 1. The van der Waals surface area contributed by atoms with Gasteiger partial charge < -0.3 is 19.8 Å². The number of aryl methyl sites for hydroxylation is 1. The van der Waals surface area contributed by atoms with E-state index >= 15 is 0 Å². The van der Waals surface area contributed by atoms with E-state index in [-0.39, 0.29) is 5.91 Å². The van der Waals surface area contributed by atoms with Crippen LogP contribution in [0, 0.1) is 0 Å². The molecule has 0 atom stereocenters. The Balaban J connectivity index is 1.57. The Morgan fingerprint density at radius 2 is 2.41 bits per heavy atom. The Labute approximate surface area is 132 Å². The van der Waals surface area contributed by atoms with E-state index in [4.69, 9.17) is 14.9 Å². The number of methoxy groups -OCH3 is 1. The summed E-state index contributed by atoms with van der Waals surface area (Å²) in [6.07, 6.45) is 1.74. The van der Waals surface area contributed by atoms with Crippen molar-refractivity contribution in [3.05, 3.63) is 28.4 Å². The molecule has 0 fully saturated rings. The Morgan fingerprint density at radius 3 is 3.14 bits per heavy atom. The highest BCUT2D eigenvalue weighted by atomic mass is 32.1. The van der Waals surface area contributed by atoms with Crippen LogP contribution >= 0.6 is 11.3 Å². The number of anilines is 1. The first-order chi connectivity index (χ1) is 10.7. The zero-order valence-electron chi connectivity index (χ0n) is 12.4. The van der Waals surface area contributed by atoms with Gasteiger partial charge in [0.25, 0.3) is 0 Å². The van der Waals surface area contributed by atoms with Crippen LogP contribution in [0.1, 0.15) is 29.5 Å². The van der Waals surface area contributed by atoms with E-state index in [0.717, 1.165) is 17.1 Å². The molecule has 0 unspecified atom stereocenters. The maximum absolute atomic E-state index is 12.3. The first kappa shape index (κ1) is 15.0. The third kappa shape index (κ3) is 3.28. The SMILES string of the molecule is COCc1nc2c(o1)CCN(C(=O)CCc1csc(N)n1)C2. The maximum Gasteiger partial charge on any atom is 0.223 e. The highest BCUT2D eigenvalue weighted by molar-refractivity contribution is 7.13. The first-order valence-corrected chi connectivity index (χ1v) is 7.97. The number of oxazole rings is 1. The lowest BCUT2D eigenvalue weighted by molar-refractivity contribution is -0.132. The molecule has 0 aliphatic carbocycles. The molecule has 2 aromatic heterocycles. The molecule has 0 radical (unpaired) electrons. The number of aromatic nitrogens is 2. The number of nitrogen functional groups attached to an aromatic ring is 1. The number of rotatable bonds is 5. The van der Waals surface area contributed by atoms with E-state index < -0.39 is 0 Å². The summed E-state index contributed by atoms with van der Waals surface area (Å²) in [7, 11) is 1.60. The van der Waals surface area contributed by atoms with Gasteiger partial charge in [0, 0.05) is 31.9 Å². The summed E-state index contributed by atoms with van der Waals surface area (Å²) in [6.45, 7) is 1.51.